The van der Waals surface area contributed by atoms with Crippen molar-refractivity contribution in [1.29, 1.82) is 0 Å². The molecule has 1 heterocycles. The van der Waals surface area contributed by atoms with E-state index in [0.717, 1.165) is 35.6 Å². The van der Waals surface area contributed by atoms with Crippen LogP contribution in [0.25, 0.3) is 0 Å². The molecular formula is C23H28ClN5O4S. The molecule has 0 saturated carbocycles. The van der Waals surface area contributed by atoms with Crippen LogP contribution in [0.2, 0.25) is 0 Å². The van der Waals surface area contributed by atoms with Crippen molar-refractivity contribution in [3.63, 3.8) is 0 Å². The van der Waals surface area contributed by atoms with E-state index in [1.54, 1.807) is 6.92 Å². The number of aromatic nitrogens is 2. The predicted molar refractivity (Wildman–Crippen MR) is 135 cm³/mol. The van der Waals surface area contributed by atoms with Gasteiger partial charge in [-0.25, -0.2) is 9.78 Å². The molecule has 182 valence electrons. The highest BCUT2D eigenvalue weighted by molar-refractivity contribution is 7.09. The van der Waals surface area contributed by atoms with Gasteiger partial charge in [-0.05, 0) is 43.1 Å². The van der Waals surface area contributed by atoms with Gasteiger partial charge in [0.05, 0.1) is 19.1 Å². The summed E-state index contributed by atoms with van der Waals surface area (Å²) >= 11 is 0.989. The molecule has 0 radical (unpaired) electrons. The van der Waals surface area contributed by atoms with Crippen LogP contribution in [-0.2, 0) is 22.4 Å². The zero-order valence-electron chi connectivity index (χ0n) is 18.7. The fraction of sp³-hybridized carbons (Fsp3) is 0.304. The fourth-order valence-corrected chi connectivity index (χ4v) is 3.57. The summed E-state index contributed by atoms with van der Waals surface area (Å²) in [7, 11) is 0. The molecule has 0 aliphatic heterocycles. The number of ether oxygens (including phenoxy) is 1. The minimum absolute atomic E-state index is 0. The Morgan fingerprint density at radius 1 is 1.09 bits per heavy atom. The summed E-state index contributed by atoms with van der Waals surface area (Å²) in [5.41, 5.74) is 2.69. The lowest BCUT2D eigenvalue weighted by Gasteiger charge is -2.12. The molecule has 4 N–H and O–H groups in total. The fourth-order valence-electron chi connectivity index (χ4n) is 3.00. The Morgan fingerprint density at radius 3 is 2.53 bits per heavy atom. The third-order valence-electron chi connectivity index (χ3n) is 4.62. The molecule has 2 amide bonds. The number of aliphatic hydroxyl groups is 1. The maximum absolute atomic E-state index is 12.3. The standard InChI is InChI=1S/C23H27N5O4S.ClH/c1-2-32-23(31)27-22-26-20(28-33-22)14-21(30)25-18-10-8-16(9-11-18)12-13-24-15-19(29)17-6-4-3-5-7-17;/h3-11,19,24,29H,2,12-15H2,1H3,(H,25,30)(H,26,27,28,31);1H/t19-;/m0./s1. The number of rotatable bonds is 11. The van der Waals surface area contributed by atoms with Gasteiger partial charge in [-0.1, -0.05) is 42.5 Å². The van der Waals surface area contributed by atoms with Gasteiger partial charge in [-0.15, -0.1) is 12.4 Å². The predicted octanol–water partition coefficient (Wildman–Crippen LogP) is 3.58. The van der Waals surface area contributed by atoms with Crippen LogP contribution in [-0.4, -0.2) is 46.2 Å². The van der Waals surface area contributed by atoms with Gasteiger partial charge < -0.3 is 20.5 Å². The average Bonchev–Trinajstić information content (AvgIpc) is 3.24. The maximum Gasteiger partial charge on any atom is 0.413 e. The molecule has 1 atom stereocenters. The third kappa shape index (κ3) is 9.06. The molecule has 11 heteroatoms. The van der Waals surface area contributed by atoms with E-state index in [4.69, 9.17) is 4.74 Å². The second kappa shape index (κ2) is 14.3. The van der Waals surface area contributed by atoms with Gasteiger partial charge in [0.15, 0.2) is 5.82 Å². The molecule has 0 bridgehead atoms. The number of nitrogens with zero attached hydrogens (tertiary/aromatic N) is 2. The van der Waals surface area contributed by atoms with Crippen molar-refractivity contribution in [3.8, 4) is 0 Å². The van der Waals surface area contributed by atoms with Crippen LogP contribution in [0.15, 0.2) is 54.6 Å². The maximum atomic E-state index is 12.3. The number of nitrogens with one attached hydrogen (secondary N) is 3. The second-order valence-corrected chi connectivity index (χ2v) is 7.92. The van der Waals surface area contributed by atoms with E-state index in [-0.39, 0.29) is 36.5 Å². The first-order valence-electron chi connectivity index (χ1n) is 10.6. The van der Waals surface area contributed by atoms with Crippen molar-refractivity contribution in [2.45, 2.75) is 25.9 Å². The van der Waals surface area contributed by atoms with E-state index >= 15 is 0 Å². The van der Waals surface area contributed by atoms with Gasteiger partial charge in [0.2, 0.25) is 11.0 Å². The van der Waals surface area contributed by atoms with Gasteiger partial charge >= 0.3 is 6.09 Å². The first-order chi connectivity index (χ1) is 16.0. The van der Waals surface area contributed by atoms with Crippen molar-refractivity contribution < 1.29 is 19.4 Å². The van der Waals surface area contributed by atoms with E-state index < -0.39 is 12.2 Å². The Labute approximate surface area is 208 Å². The highest BCUT2D eigenvalue weighted by Gasteiger charge is 2.12. The van der Waals surface area contributed by atoms with Gasteiger partial charge in [0.25, 0.3) is 0 Å². The Kier molecular flexibility index (Phi) is 11.4. The van der Waals surface area contributed by atoms with Crippen LogP contribution in [0.5, 0.6) is 0 Å². The van der Waals surface area contributed by atoms with Gasteiger partial charge in [0.1, 0.15) is 0 Å². The summed E-state index contributed by atoms with van der Waals surface area (Å²) in [5.74, 6) is 0.0736. The number of hydrogen-bond acceptors (Lipinski definition) is 8. The summed E-state index contributed by atoms with van der Waals surface area (Å²) in [5, 5.41) is 19.0. The van der Waals surface area contributed by atoms with Crippen LogP contribution in [0.4, 0.5) is 15.6 Å². The molecule has 0 fully saturated rings. The van der Waals surface area contributed by atoms with Crippen LogP contribution in [0, 0.1) is 0 Å². The number of amides is 2. The minimum atomic E-state index is -0.604. The van der Waals surface area contributed by atoms with Crippen molar-refractivity contribution in [2.24, 2.45) is 0 Å². The average molecular weight is 506 g/mol. The van der Waals surface area contributed by atoms with Crippen molar-refractivity contribution in [1.82, 2.24) is 14.7 Å². The van der Waals surface area contributed by atoms with Crippen molar-refractivity contribution >= 4 is 46.8 Å². The molecule has 1 aromatic heterocycles. The SMILES string of the molecule is CCOC(=O)Nc1nc(CC(=O)Nc2ccc(CCNC[C@H](O)c3ccccc3)cc2)ns1.Cl. The first-order valence-corrected chi connectivity index (χ1v) is 11.4. The number of carbonyl (C=O) groups excluding carboxylic acids is 2. The van der Waals surface area contributed by atoms with E-state index in [1.807, 2.05) is 54.6 Å². The zero-order chi connectivity index (χ0) is 23.5. The van der Waals surface area contributed by atoms with Gasteiger partial charge in [-0.2, -0.15) is 4.37 Å². The van der Waals surface area contributed by atoms with E-state index in [2.05, 4.69) is 25.3 Å². The quantitative estimate of drug-likeness (QED) is 0.293. The molecule has 0 aliphatic rings. The molecule has 0 spiro atoms. The largest absolute Gasteiger partial charge is 0.450 e. The van der Waals surface area contributed by atoms with Crippen LogP contribution in [0.3, 0.4) is 0 Å². The third-order valence-corrected chi connectivity index (χ3v) is 5.29. The number of benzene rings is 2. The van der Waals surface area contributed by atoms with Crippen LogP contribution >= 0.6 is 23.9 Å². The Hall–Kier alpha value is -3.05. The lowest BCUT2D eigenvalue weighted by Crippen LogP contribution is -2.23. The molecule has 2 aromatic carbocycles. The number of hydrogen-bond donors (Lipinski definition) is 4. The minimum Gasteiger partial charge on any atom is -0.450 e. The second-order valence-electron chi connectivity index (χ2n) is 7.16. The van der Waals surface area contributed by atoms with Crippen molar-refractivity contribution in [3.05, 3.63) is 71.5 Å². The molecule has 0 saturated heterocycles. The molecule has 34 heavy (non-hydrogen) atoms. The number of carbonyl (C=O) groups is 2. The number of anilines is 2. The topological polar surface area (TPSA) is 125 Å². The number of halogens is 1. The smallest absolute Gasteiger partial charge is 0.413 e. The normalized spacial score (nSPS) is 11.2. The Balaban J connectivity index is 0.00000408. The number of aliphatic hydroxyl groups excluding tert-OH is 1. The summed E-state index contributed by atoms with van der Waals surface area (Å²) in [4.78, 5) is 27.8. The summed E-state index contributed by atoms with van der Waals surface area (Å²) < 4.78 is 8.85. The van der Waals surface area contributed by atoms with Crippen LogP contribution < -0.4 is 16.0 Å². The van der Waals surface area contributed by atoms with E-state index in [0.29, 0.717) is 18.1 Å². The lowest BCUT2D eigenvalue weighted by molar-refractivity contribution is -0.115. The summed E-state index contributed by atoms with van der Waals surface area (Å²) in [6.45, 7) is 3.18. The summed E-state index contributed by atoms with van der Waals surface area (Å²) in [6, 6.07) is 17.1. The molecular weight excluding hydrogens is 478 g/mol. The highest BCUT2D eigenvalue weighted by atomic mass is 35.5. The monoisotopic (exact) mass is 505 g/mol. The van der Waals surface area contributed by atoms with E-state index in [1.165, 1.54) is 0 Å². The molecule has 0 aliphatic carbocycles. The first kappa shape index (κ1) is 27.2. The van der Waals surface area contributed by atoms with Crippen molar-refractivity contribution in [2.75, 3.05) is 30.3 Å². The lowest BCUT2D eigenvalue weighted by atomic mass is 10.1. The summed E-state index contributed by atoms with van der Waals surface area (Å²) in [6.07, 6.45) is -0.342. The van der Waals surface area contributed by atoms with E-state index in [9.17, 15) is 14.7 Å². The van der Waals surface area contributed by atoms with Crippen LogP contribution in [0.1, 0.15) is 30.0 Å². The molecule has 3 aromatic rings. The molecule has 9 nitrogen and oxygen atoms in total. The van der Waals surface area contributed by atoms with Gasteiger partial charge in [0, 0.05) is 23.8 Å². The van der Waals surface area contributed by atoms with Gasteiger partial charge in [-0.3, -0.25) is 10.1 Å². The Morgan fingerprint density at radius 2 is 1.82 bits per heavy atom. The molecule has 3 rings (SSSR count). The molecule has 0 unspecified atom stereocenters. The zero-order valence-corrected chi connectivity index (χ0v) is 20.3. The Bertz CT molecular complexity index is 1030. The highest BCUT2D eigenvalue weighted by Crippen LogP contribution is 2.14.